The third-order valence-corrected chi connectivity index (χ3v) is 3.40. The fourth-order valence-corrected chi connectivity index (χ4v) is 2.48. The van der Waals surface area contributed by atoms with Gasteiger partial charge in [0.05, 0.1) is 13.5 Å². The standard InChI is InChI=1S/C12H23NO2/c1-4-11-7-5-6-8-13(11)10(2)9-12(14)15-3/h10-11H,4-9H2,1-3H3. The second kappa shape index (κ2) is 6.11. The summed E-state index contributed by atoms with van der Waals surface area (Å²) in [5, 5.41) is 0. The highest BCUT2D eigenvalue weighted by Crippen LogP contribution is 2.22. The van der Waals surface area contributed by atoms with Gasteiger partial charge in [-0.3, -0.25) is 9.69 Å². The fourth-order valence-electron chi connectivity index (χ4n) is 2.48. The maximum absolute atomic E-state index is 11.2. The molecule has 0 aromatic rings. The lowest BCUT2D eigenvalue weighted by Gasteiger charge is -2.39. The second-order valence-electron chi connectivity index (χ2n) is 4.42. The van der Waals surface area contributed by atoms with Crippen molar-refractivity contribution in [1.82, 2.24) is 4.90 Å². The lowest BCUT2D eigenvalue weighted by molar-refractivity contribution is -0.142. The van der Waals surface area contributed by atoms with Crippen molar-refractivity contribution in [1.29, 1.82) is 0 Å². The predicted molar refractivity (Wildman–Crippen MR) is 60.7 cm³/mol. The molecular formula is C12H23NO2. The average Bonchev–Trinajstić information content (AvgIpc) is 2.28. The molecule has 0 amide bonds. The minimum atomic E-state index is -0.0945. The molecule has 1 rings (SSSR count). The average molecular weight is 213 g/mol. The predicted octanol–water partition coefficient (Wildman–Crippen LogP) is 2.20. The zero-order valence-electron chi connectivity index (χ0n) is 10.2. The number of carbonyl (C=O) groups is 1. The Morgan fingerprint density at radius 3 is 2.87 bits per heavy atom. The number of carbonyl (C=O) groups excluding carboxylic acids is 1. The Labute approximate surface area is 92.8 Å². The van der Waals surface area contributed by atoms with Crippen LogP contribution in [0.25, 0.3) is 0 Å². The molecule has 3 nitrogen and oxygen atoms in total. The van der Waals surface area contributed by atoms with E-state index in [1.165, 1.54) is 32.8 Å². The number of methoxy groups -OCH3 is 1. The molecule has 1 aliphatic rings. The molecular weight excluding hydrogens is 190 g/mol. The minimum Gasteiger partial charge on any atom is -0.469 e. The van der Waals surface area contributed by atoms with Gasteiger partial charge in [-0.1, -0.05) is 13.3 Å². The van der Waals surface area contributed by atoms with E-state index >= 15 is 0 Å². The molecule has 0 N–H and O–H groups in total. The van der Waals surface area contributed by atoms with Gasteiger partial charge in [0, 0.05) is 12.1 Å². The largest absolute Gasteiger partial charge is 0.469 e. The molecule has 0 spiro atoms. The lowest BCUT2D eigenvalue weighted by Crippen LogP contribution is -2.45. The lowest BCUT2D eigenvalue weighted by atomic mass is 9.97. The van der Waals surface area contributed by atoms with Gasteiger partial charge in [0.25, 0.3) is 0 Å². The van der Waals surface area contributed by atoms with Crippen LogP contribution in [0.1, 0.15) is 46.0 Å². The van der Waals surface area contributed by atoms with E-state index in [9.17, 15) is 4.79 Å². The van der Waals surface area contributed by atoms with Gasteiger partial charge in [0.1, 0.15) is 0 Å². The molecule has 1 heterocycles. The molecule has 0 aromatic carbocycles. The number of esters is 1. The highest BCUT2D eigenvalue weighted by atomic mass is 16.5. The van der Waals surface area contributed by atoms with Crippen LogP contribution in [-0.2, 0) is 9.53 Å². The van der Waals surface area contributed by atoms with Crippen LogP contribution in [0.15, 0.2) is 0 Å². The Kier molecular flexibility index (Phi) is 5.09. The van der Waals surface area contributed by atoms with Gasteiger partial charge >= 0.3 is 5.97 Å². The summed E-state index contributed by atoms with van der Waals surface area (Å²) < 4.78 is 4.71. The fraction of sp³-hybridized carbons (Fsp3) is 0.917. The molecule has 1 fully saturated rings. The van der Waals surface area contributed by atoms with Crippen molar-refractivity contribution >= 4 is 5.97 Å². The zero-order valence-corrected chi connectivity index (χ0v) is 10.2. The molecule has 0 radical (unpaired) electrons. The van der Waals surface area contributed by atoms with Crippen LogP contribution < -0.4 is 0 Å². The van der Waals surface area contributed by atoms with Gasteiger partial charge in [-0.25, -0.2) is 0 Å². The van der Waals surface area contributed by atoms with Gasteiger partial charge < -0.3 is 4.74 Å². The number of likely N-dealkylation sites (tertiary alicyclic amines) is 1. The van der Waals surface area contributed by atoms with Gasteiger partial charge in [-0.2, -0.15) is 0 Å². The highest BCUT2D eigenvalue weighted by Gasteiger charge is 2.26. The molecule has 2 atom stereocenters. The normalized spacial score (nSPS) is 24.9. The van der Waals surface area contributed by atoms with E-state index in [-0.39, 0.29) is 5.97 Å². The zero-order chi connectivity index (χ0) is 11.3. The number of rotatable bonds is 4. The van der Waals surface area contributed by atoms with Crippen LogP contribution in [0.3, 0.4) is 0 Å². The molecule has 1 saturated heterocycles. The Hall–Kier alpha value is -0.570. The van der Waals surface area contributed by atoms with Crippen molar-refractivity contribution in [2.75, 3.05) is 13.7 Å². The third kappa shape index (κ3) is 3.49. The van der Waals surface area contributed by atoms with E-state index in [2.05, 4.69) is 18.7 Å². The molecule has 15 heavy (non-hydrogen) atoms. The molecule has 3 heteroatoms. The van der Waals surface area contributed by atoms with Crippen molar-refractivity contribution in [3.63, 3.8) is 0 Å². The molecule has 0 aliphatic carbocycles. The van der Waals surface area contributed by atoms with Crippen LogP contribution in [0.4, 0.5) is 0 Å². The second-order valence-corrected chi connectivity index (χ2v) is 4.42. The number of hydrogen-bond acceptors (Lipinski definition) is 3. The molecule has 0 saturated carbocycles. The van der Waals surface area contributed by atoms with E-state index in [1.54, 1.807) is 0 Å². The minimum absolute atomic E-state index is 0.0945. The Morgan fingerprint density at radius 1 is 1.53 bits per heavy atom. The van der Waals surface area contributed by atoms with E-state index in [0.717, 1.165) is 6.54 Å². The molecule has 2 unspecified atom stereocenters. The summed E-state index contributed by atoms with van der Waals surface area (Å²) in [6.45, 7) is 5.50. The number of ether oxygens (including phenoxy) is 1. The molecule has 1 aliphatic heterocycles. The van der Waals surface area contributed by atoms with Crippen LogP contribution >= 0.6 is 0 Å². The summed E-state index contributed by atoms with van der Waals surface area (Å²) in [4.78, 5) is 13.7. The van der Waals surface area contributed by atoms with Gasteiger partial charge in [0.2, 0.25) is 0 Å². The highest BCUT2D eigenvalue weighted by molar-refractivity contribution is 5.69. The maximum Gasteiger partial charge on any atom is 0.307 e. The van der Waals surface area contributed by atoms with Crippen molar-refractivity contribution in [3.8, 4) is 0 Å². The summed E-state index contributed by atoms with van der Waals surface area (Å²) in [5.74, 6) is -0.0945. The Morgan fingerprint density at radius 2 is 2.27 bits per heavy atom. The van der Waals surface area contributed by atoms with Gasteiger partial charge in [-0.05, 0) is 32.7 Å². The van der Waals surface area contributed by atoms with E-state index in [4.69, 9.17) is 4.74 Å². The van der Waals surface area contributed by atoms with Crippen molar-refractivity contribution in [2.24, 2.45) is 0 Å². The van der Waals surface area contributed by atoms with Crippen LogP contribution in [0.2, 0.25) is 0 Å². The first-order valence-corrected chi connectivity index (χ1v) is 6.01. The topological polar surface area (TPSA) is 29.5 Å². The van der Waals surface area contributed by atoms with Gasteiger partial charge in [-0.15, -0.1) is 0 Å². The third-order valence-electron chi connectivity index (χ3n) is 3.40. The quantitative estimate of drug-likeness (QED) is 0.670. The van der Waals surface area contributed by atoms with E-state index in [1.807, 2.05) is 0 Å². The SMILES string of the molecule is CCC1CCCCN1C(C)CC(=O)OC. The first-order chi connectivity index (χ1) is 7.19. The van der Waals surface area contributed by atoms with Crippen molar-refractivity contribution in [2.45, 2.75) is 58.0 Å². The molecule has 88 valence electrons. The molecule has 0 bridgehead atoms. The monoisotopic (exact) mass is 213 g/mol. The Bertz CT molecular complexity index is 206. The number of piperidine rings is 1. The van der Waals surface area contributed by atoms with Crippen LogP contribution in [-0.4, -0.2) is 36.6 Å². The summed E-state index contributed by atoms with van der Waals surface area (Å²) in [7, 11) is 1.46. The van der Waals surface area contributed by atoms with E-state index < -0.39 is 0 Å². The first-order valence-electron chi connectivity index (χ1n) is 6.01. The first kappa shape index (κ1) is 12.5. The summed E-state index contributed by atoms with van der Waals surface area (Å²) in [6, 6.07) is 0.987. The van der Waals surface area contributed by atoms with Crippen molar-refractivity contribution in [3.05, 3.63) is 0 Å². The smallest absolute Gasteiger partial charge is 0.307 e. The molecule has 0 aromatic heterocycles. The summed E-state index contributed by atoms with van der Waals surface area (Å²) in [6.07, 6.45) is 5.59. The summed E-state index contributed by atoms with van der Waals surface area (Å²) in [5.41, 5.74) is 0. The summed E-state index contributed by atoms with van der Waals surface area (Å²) >= 11 is 0. The van der Waals surface area contributed by atoms with Crippen molar-refractivity contribution < 1.29 is 9.53 Å². The maximum atomic E-state index is 11.2. The van der Waals surface area contributed by atoms with Crippen LogP contribution in [0.5, 0.6) is 0 Å². The Balaban J connectivity index is 2.47. The van der Waals surface area contributed by atoms with Crippen LogP contribution in [0, 0.1) is 0 Å². The van der Waals surface area contributed by atoms with Gasteiger partial charge in [0.15, 0.2) is 0 Å². The number of hydrogen-bond donors (Lipinski definition) is 0. The number of nitrogens with zero attached hydrogens (tertiary/aromatic N) is 1. The van der Waals surface area contributed by atoms with E-state index in [0.29, 0.717) is 18.5 Å².